The van der Waals surface area contributed by atoms with Gasteiger partial charge in [-0.05, 0) is 141 Å². The van der Waals surface area contributed by atoms with Gasteiger partial charge in [0.25, 0.3) is 0 Å². The van der Waals surface area contributed by atoms with Crippen LogP contribution in [0.2, 0.25) is 0 Å². The quantitative estimate of drug-likeness (QED) is 0.0550. The highest BCUT2D eigenvalue weighted by molar-refractivity contribution is 5.98. The molecule has 4 N–H and O–H groups in total. The lowest BCUT2D eigenvalue weighted by atomic mass is 10.00. The van der Waals surface area contributed by atoms with Crippen LogP contribution < -0.4 is 21.3 Å². The number of hydrogen-bond donors (Lipinski definition) is 4. The third-order valence-corrected chi connectivity index (χ3v) is 19.6. The molecule has 20 aromatic heterocycles. The van der Waals surface area contributed by atoms with Crippen molar-refractivity contribution >= 4 is 91.2 Å². The zero-order chi connectivity index (χ0) is 87.8. The van der Waals surface area contributed by atoms with E-state index in [1.54, 1.807) is 170 Å². The van der Waals surface area contributed by atoms with E-state index in [1.807, 2.05) is 125 Å². The molecule has 0 aliphatic rings. The van der Waals surface area contributed by atoms with Gasteiger partial charge in [-0.2, -0.15) is 15.3 Å². The fourth-order valence-corrected chi connectivity index (χ4v) is 13.7. The molecule has 0 atom stereocenters. The minimum atomic E-state index is -0.273. The van der Waals surface area contributed by atoms with Crippen LogP contribution in [0, 0.1) is 27.7 Å². The first-order chi connectivity index (χ1) is 62.6. The Morgan fingerprint density at radius 2 is 0.719 bits per heavy atom. The molecule has 626 valence electrons. The molecule has 20 heterocycles. The number of nitrogens with zero attached hydrogens (tertiary/aromatic N) is 31. The molecule has 0 aliphatic carbocycles. The van der Waals surface area contributed by atoms with Crippen LogP contribution in [-0.4, -0.2) is 177 Å². The molecule has 0 radical (unpaired) electrons. The summed E-state index contributed by atoms with van der Waals surface area (Å²) in [5, 5.41) is 26.5. The first-order valence-electron chi connectivity index (χ1n) is 39.4. The largest absolute Gasteiger partial charge is 0.323 e. The van der Waals surface area contributed by atoms with E-state index in [4.69, 9.17) is 0 Å². The number of fused-ring (bicyclic) bond motifs is 4. The maximum atomic E-state index is 12.7. The molecule has 0 saturated carbocycles. The third kappa shape index (κ3) is 19.2. The number of carbonyl (C=O) groups is 4. The smallest absolute Gasteiger partial charge is 0.247 e. The number of nitrogens with one attached hydrogen (secondary N) is 4. The van der Waals surface area contributed by atoms with Crippen LogP contribution in [0.15, 0.2) is 271 Å². The van der Waals surface area contributed by atoms with Gasteiger partial charge < -0.3 is 30.4 Å². The molecule has 0 fully saturated rings. The molecule has 39 nitrogen and oxygen atoms in total. The highest BCUT2D eigenvalue weighted by Gasteiger charge is 2.22. The normalized spacial score (nSPS) is 10.9. The Morgan fingerprint density at radius 3 is 1.15 bits per heavy atom. The van der Waals surface area contributed by atoms with Gasteiger partial charge in [-0.1, -0.05) is 0 Å². The van der Waals surface area contributed by atoms with Crippen LogP contribution in [0.1, 0.15) is 22.6 Å². The zero-order valence-electron chi connectivity index (χ0n) is 68.7. The van der Waals surface area contributed by atoms with Gasteiger partial charge in [-0.25, -0.2) is 69.2 Å². The van der Waals surface area contributed by atoms with E-state index in [1.165, 1.54) is 28.3 Å². The maximum Gasteiger partial charge on any atom is 0.247 e. The van der Waals surface area contributed by atoms with Gasteiger partial charge in [-0.3, -0.25) is 78.7 Å². The summed E-state index contributed by atoms with van der Waals surface area (Å²) >= 11 is 0. The molecule has 0 spiro atoms. The van der Waals surface area contributed by atoms with E-state index in [0.717, 1.165) is 106 Å². The van der Waals surface area contributed by atoms with Crippen LogP contribution in [0.4, 0.5) is 23.3 Å². The van der Waals surface area contributed by atoms with Crippen molar-refractivity contribution in [3.05, 3.63) is 294 Å². The Labute approximate surface area is 725 Å². The monoisotopic (exact) mass is 1690 g/mol. The molecule has 0 aromatic carbocycles. The first kappa shape index (κ1) is 82.1. The van der Waals surface area contributed by atoms with Gasteiger partial charge in [-0.15, -0.1) is 0 Å². The molecular formula is C89H71N35O4. The summed E-state index contributed by atoms with van der Waals surface area (Å²) in [7, 11) is 1.84. The van der Waals surface area contributed by atoms with Gasteiger partial charge in [0.1, 0.15) is 91.0 Å². The van der Waals surface area contributed by atoms with Crippen LogP contribution in [0.3, 0.4) is 0 Å². The molecule has 0 saturated heterocycles. The highest BCUT2D eigenvalue weighted by atomic mass is 16.2. The number of aryl methyl sites for hydroxylation is 5. The van der Waals surface area contributed by atoms with Crippen molar-refractivity contribution < 1.29 is 19.2 Å². The predicted molar refractivity (Wildman–Crippen MR) is 472 cm³/mol. The second kappa shape index (κ2) is 37.8. The van der Waals surface area contributed by atoms with Crippen molar-refractivity contribution in [3.8, 4) is 90.1 Å². The van der Waals surface area contributed by atoms with Crippen molar-refractivity contribution in [2.24, 2.45) is 7.05 Å². The molecule has 0 aliphatic heterocycles. The molecule has 20 aromatic rings. The van der Waals surface area contributed by atoms with Crippen molar-refractivity contribution in [2.75, 3.05) is 21.3 Å². The number of amides is 4. The lowest BCUT2D eigenvalue weighted by molar-refractivity contribution is -0.117. The third-order valence-electron chi connectivity index (χ3n) is 19.6. The van der Waals surface area contributed by atoms with Crippen LogP contribution in [0.5, 0.6) is 0 Å². The summed E-state index contributed by atoms with van der Waals surface area (Å²) in [5.41, 5.74) is 20.0. The summed E-state index contributed by atoms with van der Waals surface area (Å²) in [6.07, 6.45) is 46.1. The summed E-state index contributed by atoms with van der Waals surface area (Å²) in [6, 6.07) is 29.8. The molecule has 39 heteroatoms. The first-order valence-corrected chi connectivity index (χ1v) is 39.4. The number of rotatable bonds is 20. The molecule has 0 unspecified atom stereocenters. The molecular weight excluding hydrogens is 1620 g/mol. The predicted octanol–water partition coefficient (Wildman–Crippen LogP) is 11.3. The number of imidazole rings is 1. The molecule has 20 rings (SSSR count). The second-order valence-corrected chi connectivity index (χ2v) is 28.5. The fraction of sp³-hybridized carbons (Fsp3) is 0.101. The Balaban J connectivity index is 0.000000120. The van der Waals surface area contributed by atoms with Gasteiger partial charge >= 0.3 is 0 Å². The van der Waals surface area contributed by atoms with E-state index in [2.05, 4.69) is 157 Å². The summed E-state index contributed by atoms with van der Waals surface area (Å²) in [6.45, 7) is 7.99. The standard InChI is InChI=1S/C25H21N7O.2C22H17N9O.C20H16N10O/c1-16-12-30-25-20(24(16)18-5-7-27-17(2)11-18)6-10-32(25)15-23(33)31-22-4-3-19(13-29-22)21-14-26-8-9-28-21;1-14-8-15(4-5-24-14)21-17-10-29-31(22(17)28-13-27-21)12-20(32)30-19-3-2-16(9-26-19)18-11-23-6-7-25-18;1-14-8-15(4-5-24-14)20-21-22(28-12-27-20)31(13-29-21)11-19(32)30-18-3-2-16(9-26-18)17-10-23-6-7-25-17;1-29-16(4-5-26-29)19-14-9-27-30(20(14)25-12-24-19)11-18(31)28-17-3-2-13(8-23-17)15-10-21-6-7-22-15/h3-14H,15H2,1-2H3,(H,29,31,33);2-11,13H,12H2,1H3,(H,26,30,32);2-10,12-13H,11H2,1H3,(H,26,30,32);2-10,12H,11H2,1H3,(H,23,28,31). The summed E-state index contributed by atoms with van der Waals surface area (Å²) in [4.78, 5) is 149. The van der Waals surface area contributed by atoms with E-state index >= 15 is 0 Å². The number of anilines is 4. The van der Waals surface area contributed by atoms with Crippen LogP contribution in [0.25, 0.3) is 134 Å². The average molecular weight is 1690 g/mol. The Morgan fingerprint density at radius 1 is 0.305 bits per heavy atom. The second-order valence-electron chi connectivity index (χ2n) is 28.5. The van der Waals surface area contributed by atoms with E-state index in [-0.39, 0.29) is 49.8 Å². The number of carbonyl (C=O) groups excluding carboxylic acids is 4. The van der Waals surface area contributed by atoms with E-state index in [0.29, 0.717) is 74.2 Å². The lowest BCUT2D eigenvalue weighted by Gasteiger charge is -2.10. The van der Waals surface area contributed by atoms with E-state index in [9.17, 15) is 19.2 Å². The Bertz CT molecular complexity index is 7130. The van der Waals surface area contributed by atoms with Crippen molar-refractivity contribution in [1.82, 2.24) is 153 Å². The number of pyridine rings is 8. The van der Waals surface area contributed by atoms with Crippen molar-refractivity contribution in [1.29, 1.82) is 0 Å². The average Bonchev–Trinajstić information content (AvgIpc) is 1.52. The molecule has 0 bridgehead atoms. The SMILES string of the molecule is Cc1cc(-c2c(C)cnc3c2ccn3CC(=O)Nc2ccc(-c3cnccn3)cn2)ccn1.Cc1cc(-c2ncnc3c2cnn3CC(=O)Nc2ccc(-c3cnccn3)cn2)ccn1.Cc1cc(-c2ncnc3c2ncn3CC(=O)Nc2ccc(-c3cnccn3)cn2)ccn1.Cn1nccc1-c1ncnc2c1cnn2CC(=O)Nc1ccc(-c2cnccn2)cn1. The Hall–Kier alpha value is -18.2. The van der Waals surface area contributed by atoms with Gasteiger partial charge in [0.05, 0.1) is 88.4 Å². The summed E-state index contributed by atoms with van der Waals surface area (Å²) in [5.74, 6) is 0.802. The van der Waals surface area contributed by atoms with Gasteiger partial charge in [0, 0.05) is 174 Å². The topological polar surface area (TPSA) is 476 Å². The lowest BCUT2D eigenvalue weighted by Crippen LogP contribution is -2.20. The minimum absolute atomic E-state index is 0.0110. The highest BCUT2D eigenvalue weighted by Crippen LogP contribution is 2.34. The van der Waals surface area contributed by atoms with Gasteiger partial charge in [0.2, 0.25) is 23.6 Å². The van der Waals surface area contributed by atoms with E-state index < -0.39 is 0 Å². The maximum absolute atomic E-state index is 12.7. The molecule has 4 amide bonds. The van der Waals surface area contributed by atoms with Gasteiger partial charge in [0.15, 0.2) is 16.9 Å². The minimum Gasteiger partial charge on any atom is -0.323 e. The fourth-order valence-electron chi connectivity index (χ4n) is 13.7. The Kier molecular flexibility index (Phi) is 24.3. The number of hydrogen-bond acceptors (Lipinski definition) is 30. The zero-order valence-corrected chi connectivity index (χ0v) is 68.7. The van der Waals surface area contributed by atoms with Crippen molar-refractivity contribution in [2.45, 2.75) is 53.9 Å². The van der Waals surface area contributed by atoms with Crippen LogP contribution in [-0.2, 0) is 52.4 Å². The number of aromatic nitrogens is 31. The van der Waals surface area contributed by atoms with Crippen molar-refractivity contribution in [3.63, 3.8) is 0 Å². The van der Waals surface area contributed by atoms with Crippen LogP contribution >= 0.6 is 0 Å². The summed E-state index contributed by atoms with van der Waals surface area (Å²) < 4.78 is 8.31. The molecule has 128 heavy (non-hydrogen) atoms.